The number of nitrogens with one attached hydrogen (secondary N) is 1. The van der Waals surface area contributed by atoms with Gasteiger partial charge in [-0.2, -0.15) is 0 Å². The van der Waals surface area contributed by atoms with Crippen LogP contribution in [0.5, 0.6) is 0 Å². The monoisotopic (exact) mass is 368 g/mol. The van der Waals surface area contributed by atoms with Gasteiger partial charge in [0, 0.05) is 17.3 Å². The lowest BCUT2D eigenvalue weighted by atomic mass is 10.2. The van der Waals surface area contributed by atoms with Crippen molar-refractivity contribution in [2.75, 3.05) is 5.32 Å². The van der Waals surface area contributed by atoms with E-state index in [2.05, 4.69) is 26.2 Å². The molecule has 3 N–H and O–H groups in total. The maximum atomic E-state index is 6.11. The van der Waals surface area contributed by atoms with Crippen LogP contribution in [0.15, 0.2) is 30.9 Å². The minimum atomic E-state index is -0.172. The number of anilines is 2. The van der Waals surface area contributed by atoms with Gasteiger partial charge < -0.3 is 15.8 Å². The van der Waals surface area contributed by atoms with Crippen LogP contribution in [0.3, 0.4) is 0 Å². The number of imidazole rings is 1. The molecule has 0 amide bonds. The summed E-state index contributed by atoms with van der Waals surface area (Å²) in [6.45, 7) is 0.381. The van der Waals surface area contributed by atoms with Crippen molar-refractivity contribution in [3.05, 3.63) is 41.4 Å². The highest BCUT2D eigenvalue weighted by Gasteiger charge is 2.27. The van der Waals surface area contributed by atoms with Gasteiger partial charge in [-0.15, -0.1) is 6.42 Å². The number of nitrogens with zero attached hydrogens (tertiary/aromatic N) is 4. The first-order valence-electron chi connectivity index (χ1n) is 8.24. The summed E-state index contributed by atoms with van der Waals surface area (Å²) in [6, 6.07) is 5.50. The van der Waals surface area contributed by atoms with Crippen LogP contribution in [-0.4, -0.2) is 25.6 Å². The molecular weight excluding hydrogens is 352 g/mol. The van der Waals surface area contributed by atoms with Crippen LogP contribution in [0, 0.1) is 12.3 Å². The van der Waals surface area contributed by atoms with E-state index in [1.165, 1.54) is 6.33 Å². The quantitative estimate of drug-likeness (QED) is 0.688. The van der Waals surface area contributed by atoms with Crippen LogP contribution in [0.1, 0.15) is 24.6 Å². The number of ether oxygens (including phenoxy) is 1. The van der Waals surface area contributed by atoms with E-state index >= 15 is 0 Å². The predicted molar refractivity (Wildman–Crippen MR) is 99.9 cm³/mol. The Bertz CT molecular complexity index is 995. The molecular formula is C18H17ClN6O. The maximum Gasteiger partial charge on any atom is 0.167 e. The topological polar surface area (TPSA) is 90.9 Å². The molecule has 1 saturated heterocycles. The zero-order chi connectivity index (χ0) is 18.1. The second-order valence-electron chi connectivity index (χ2n) is 6.00. The first-order chi connectivity index (χ1) is 12.7. The van der Waals surface area contributed by atoms with E-state index in [9.17, 15) is 0 Å². The van der Waals surface area contributed by atoms with Gasteiger partial charge in [0.2, 0.25) is 0 Å². The summed E-state index contributed by atoms with van der Waals surface area (Å²) in [7, 11) is 0. The number of terminal acetylenes is 1. The molecule has 7 nitrogen and oxygen atoms in total. The molecule has 0 bridgehead atoms. The van der Waals surface area contributed by atoms with Gasteiger partial charge in [-0.05, 0) is 30.5 Å². The van der Waals surface area contributed by atoms with Gasteiger partial charge in [-0.25, -0.2) is 15.0 Å². The molecule has 1 aromatic carbocycles. The molecule has 132 valence electrons. The third kappa shape index (κ3) is 2.99. The summed E-state index contributed by atoms with van der Waals surface area (Å²) in [5.74, 6) is 3.22. The summed E-state index contributed by atoms with van der Waals surface area (Å²) in [5, 5.41) is 3.88. The van der Waals surface area contributed by atoms with Crippen molar-refractivity contribution in [3.63, 3.8) is 0 Å². The fourth-order valence-electron chi connectivity index (χ4n) is 3.07. The van der Waals surface area contributed by atoms with Crippen LogP contribution in [0.25, 0.3) is 11.2 Å². The molecule has 1 fully saturated rings. The third-order valence-corrected chi connectivity index (χ3v) is 4.63. The van der Waals surface area contributed by atoms with Crippen LogP contribution in [0.4, 0.5) is 11.5 Å². The fraction of sp³-hybridized carbons (Fsp3) is 0.278. The molecule has 0 saturated carbocycles. The van der Waals surface area contributed by atoms with Crippen molar-refractivity contribution in [3.8, 4) is 12.3 Å². The third-order valence-electron chi connectivity index (χ3n) is 4.40. The Kier molecular flexibility index (Phi) is 4.47. The van der Waals surface area contributed by atoms with E-state index in [1.54, 1.807) is 12.4 Å². The smallest absolute Gasteiger partial charge is 0.167 e. The van der Waals surface area contributed by atoms with Crippen LogP contribution in [0.2, 0.25) is 5.02 Å². The molecule has 1 aliphatic heterocycles. The van der Waals surface area contributed by atoms with Gasteiger partial charge in [0.1, 0.15) is 18.7 Å². The zero-order valence-corrected chi connectivity index (χ0v) is 14.6. The highest BCUT2D eigenvalue weighted by Crippen LogP contribution is 2.32. The molecule has 0 aliphatic carbocycles. The van der Waals surface area contributed by atoms with E-state index in [0.29, 0.717) is 28.5 Å². The molecule has 8 heteroatoms. The number of rotatable bonds is 4. The molecule has 3 heterocycles. The van der Waals surface area contributed by atoms with Crippen LogP contribution < -0.4 is 11.1 Å². The number of hydrogen-bond acceptors (Lipinski definition) is 6. The number of halogens is 1. The van der Waals surface area contributed by atoms with Crippen molar-refractivity contribution >= 4 is 34.3 Å². The number of benzene rings is 1. The molecule has 2 unspecified atom stereocenters. The average molecular weight is 369 g/mol. The highest BCUT2D eigenvalue weighted by atomic mass is 35.5. The van der Waals surface area contributed by atoms with E-state index in [4.69, 9.17) is 28.5 Å². The second-order valence-corrected chi connectivity index (χ2v) is 6.44. The van der Waals surface area contributed by atoms with Crippen molar-refractivity contribution < 1.29 is 4.74 Å². The van der Waals surface area contributed by atoms with Gasteiger partial charge in [0.15, 0.2) is 17.0 Å². The number of aromatic nitrogens is 4. The van der Waals surface area contributed by atoms with Gasteiger partial charge in [-0.3, -0.25) is 4.57 Å². The van der Waals surface area contributed by atoms with Gasteiger partial charge in [-0.1, -0.05) is 23.6 Å². The minimum Gasteiger partial charge on any atom is -0.342 e. The van der Waals surface area contributed by atoms with Gasteiger partial charge in [0.25, 0.3) is 0 Å². The first-order valence-corrected chi connectivity index (χ1v) is 8.62. The van der Waals surface area contributed by atoms with Crippen molar-refractivity contribution in [2.45, 2.75) is 31.7 Å². The number of nitrogens with two attached hydrogens (primary N) is 1. The van der Waals surface area contributed by atoms with Crippen LogP contribution >= 0.6 is 11.6 Å². The summed E-state index contributed by atoms with van der Waals surface area (Å²) < 4.78 is 7.74. The van der Waals surface area contributed by atoms with Crippen molar-refractivity contribution in [1.29, 1.82) is 0 Å². The van der Waals surface area contributed by atoms with E-state index in [0.717, 1.165) is 24.1 Å². The Balaban J connectivity index is 1.70. The second kappa shape index (κ2) is 6.92. The van der Waals surface area contributed by atoms with Gasteiger partial charge >= 0.3 is 0 Å². The summed E-state index contributed by atoms with van der Waals surface area (Å²) in [6.07, 6.45) is 9.94. The number of fused-ring (bicyclic) bond motifs is 1. The SMILES string of the molecule is C#CC1CCC(n2cnc3c(Nc4cc(Cl)ccc4CN)ncnc32)O1. The minimum absolute atomic E-state index is 0.171. The molecule has 4 rings (SSSR count). The summed E-state index contributed by atoms with van der Waals surface area (Å²) in [4.78, 5) is 13.2. The Labute approximate surface area is 155 Å². The summed E-state index contributed by atoms with van der Waals surface area (Å²) in [5.41, 5.74) is 8.85. The molecule has 26 heavy (non-hydrogen) atoms. The standard InChI is InChI=1S/C18H17ClN6O/c1-2-13-5-6-15(26-13)25-10-23-16-17(21-9-22-18(16)25)24-14-7-12(19)4-3-11(14)8-20/h1,3-4,7,9-10,13,15H,5-6,8,20H2,(H,21,22,24). The average Bonchev–Trinajstić information content (AvgIpc) is 3.29. The van der Waals surface area contributed by atoms with Crippen molar-refractivity contribution in [2.24, 2.45) is 5.73 Å². The Hall–Kier alpha value is -2.66. The van der Waals surface area contributed by atoms with Crippen LogP contribution in [-0.2, 0) is 11.3 Å². The zero-order valence-electron chi connectivity index (χ0n) is 13.9. The number of hydrogen-bond donors (Lipinski definition) is 2. The van der Waals surface area contributed by atoms with Crippen molar-refractivity contribution in [1.82, 2.24) is 19.5 Å². The molecule has 1 aliphatic rings. The maximum absolute atomic E-state index is 6.11. The first kappa shape index (κ1) is 16.8. The van der Waals surface area contributed by atoms with E-state index in [1.807, 2.05) is 16.7 Å². The lowest BCUT2D eigenvalue weighted by Gasteiger charge is -2.13. The van der Waals surface area contributed by atoms with E-state index < -0.39 is 0 Å². The van der Waals surface area contributed by atoms with E-state index in [-0.39, 0.29) is 12.3 Å². The normalized spacial score (nSPS) is 19.6. The highest BCUT2D eigenvalue weighted by molar-refractivity contribution is 6.30. The molecule has 0 spiro atoms. The summed E-state index contributed by atoms with van der Waals surface area (Å²) >= 11 is 6.11. The molecule has 2 aromatic heterocycles. The molecule has 0 radical (unpaired) electrons. The molecule has 2 atom stereocenters. The van der Waals surface area contributed by atoms with Gasteiger partial charge in [0.05, 0.1) is 6.33 Å². The Morgan fingerprint density at radius 3 is 3.00 bits per heavy atom. The molecule has 3 aromatic rings. The lowest BCUT2D eigenvalue weighted by Crippen LogP contribution is -2.10. The Morgan fingerprint density at radius 2 is 2.23 bits per heavy atom. The largest absolute Gasteiger partial charge is 0.342 e. The Morgan fingerprint density at radius 1 is 1.35 bits per heavy atom. The predicted octanol–water partition coefficient (Wildman–Crippen LogP) is 2.99. The fourth-order valence-corrected chi connectivity index (χ4v) is 3.24. The lowest BCUT2D eigenvalue weighted by molar-refractivity contribution is 0.0300.